The van der Waals surface area contributed by atoms with Crippen LogP contribution in [0.25, 0.3) is 16.7 Å². The number of nitrogens with one attached hydrogen (secondary N) is 1. The Hall–Kier alpha value is -1.88. The normalized spacial score (nSPS) is 16.6. The van der Waals surface area contributed by atoms with E-state index in [1.54, 1.807) is 6.20 Å². The first-order valence-corrected chi connectivity index (χ1v) is 7.96. The minimum Gasteiger partial charge on any atom is -0.331 e. The van der Waals surface area contributed by atoms with Gasteiger partial charge in [0.05, 0.1) is 17.4 Å². The summed E-state index contributed by atoms with van der Waals surface area (Å²) in [5.74, 6) is 0. The smallest absolute Gasteiger partial charge is 0.178 e. The molecule has 1 aliphatic rings. The predicted molar refractivity (Wildman–Crippen MR) is 86.4 cm³/mol. The molecule has 0 atom stereocenters. The van der Waals surface area contributed by atoms with Gasteiger partial charge in [0.2, 0.25) is 0 Å². The molecule has 0 unspecified atom stereocenters. The molecule has 4 rings (SSSR count). The molecule has 1 saturated carbocycles. The zero-order valence-corrected chi connectivity index (χ0v) is 12.6. The van der Waals surface area contributed by atoms with Gasteiger partial charge in [-0.1, -0.05) is 19.3 Å². The maximum absolute atomic E-state index is 5.57. The van der Waals surface area contributed by atoms with Crippen LogP contribution in [-0.4, -0.2) is 19.1 Å². The summed E-state index contributed by atoms with van der Waals surface area (Å²) < 4.78 is 5.20. The SMILES string of the molecule is S=c1[nH]c2ccc(-n3ccnc3)cc2n1C1CCCCC1. The van der Waals surface area contributed by atoms with Gasteiger partial charge in [-0.3, -0.25) is 0 Å². The second-order valence-electron chi connectivity index (χ2n) is 5.76. The van der Waals surface area contributed by atoms with E-state index in [0.717, 1.165) is 16.0 Å². The molecule has 0 radical (unpaired) electrons. The van der Waals surface area contributed by atoms with Gasteiger partial charge in [-0.25, -0.2) is 4.98 Å². The first-order chi connectivity index (χ1) is 10.3. The molecule has 1 N–H and O–H groups in total. The van der Waals surface area contributed by atoms with Crippen LogP contribution < -0.4 is 0 Å². The van der Waals surface area contributed by atoms with Crippen molar-refractivity contribution in [1.82, 2.24) is 19.1 Å². The maximum Gasteiger partial charge on any atom is 0.178 e. The second-order valence-corrected chi connectivity index (χ2v) is 6.15. The molecule has 108 valence electrons. The van der Waals surface area contributed by atoms with Crippen molar-refractivity contribution < 1.29 is 0 Å². The molecule has 3 aromatic rings. The lowest BCUT2D eigenvalue weighted by molar-refractivity contribution is 0.357. The summed E-state index contributed by atoms with van der Waals surface area (Å²) in [6.45, 7) is 0. The van der Waals surface area contributed by atoms with Crippen molar-refractivity contribution in [2.24, 2.45) is 0 Å². The zero-order valence-electron chi connectivity index (χ0n) is 11.8. The molecule has 21 heavy (non-hydrogen) atoms. The third-order valence-electron chi connectivity index (χ3n) is 4.44. The Morgan fingerprint density at radius 1 is 1.19 bits per heavy atom. The van der Waals surface area contributed by atoms with Gasteiger partial charge in [0, 0.05) is 24.1 Å². The molecule has 1 fully saturated rings. The molecule has 2 heterocycles. The third kappa shape index (κ3) is 2.21. The highest BCUT2D eigenvalue weighted by atomic mass is 32.1. The van der Waals surface area contributed by atoms with Gasteiger partial charge < -0.3 is 14.1 Å². The van der Waals surface area contributed by atoms with E-state index >= 15 is 0 Å². The summed E-state index contributed by atoms with van der Waals surface area (Å²) in [5, 5.41) is 0. The van der Waals surface area contributed by atoms with Crippen LogP contribution in [0.5, 0.6) is 0 Å². The molecule has 0 amide bonds. The maximum atomic E-state index is 5.57. The van der Waals surface area contributed by atoms with E-state index in [2.05, 4.69) is 32.7 Å². The van der Waals surface area contributed by atoms with Crippen LogP contribution in [0.4, 0.5) is 0 Å². The lowest BCUT2D eigenvalue weighted by Gasteiger charge is -2.23. The van der Waals surface area contributed by atoms with Crippen molar-refractivity contribution in [3.63, 3.8) is 0 Å². The second kappa shape index (κ2) is 5.15. The van der Waals surface area contributed by atoms with E-state index in [1.807, 2.05) is 17.1 Å². The number of aromatic amines is 1. The van der Waals surface area contributed by atoms with Crippen LogP contribution >= 0.6 is 12.2 Å². The average molecular weight is 298 g/mol. The van der Waals surface area contributed by atoms with Crippen molar-refractivity contribution in [1.29, 1.82) is 0 Å². The fourth-order valence-corrected chi connectivity index (χ4v) is 3.74. The van der Waals surface area contributed by atoms with Crippen LogP contribution in [0.1, 0.15) is 38.1 Å². The number of aromatic nitrogens is 4. The average Bonchev–Trinajstić information content (AvgIpc) is 3.14. The summed E-state index contributed by atoms with van der Waals surface area (Å²) in [5.41, 5.74) is 3.45. The monoisotopic (exact) mass is 298 g/mol. The fraction of sp³-hybridized carbons (Fsp3) is 0.375. The molecule has 5 heteroatoms. The van der Waals surface area contributed by atoms with Crippen LogP contribution in [0.2, 0.25) is 0 Å². The summed E-state index contributed by atoms with van der Waals surface area (Å²) in [6, 6.07) is 6.95. The Morgan fingerprint density at radius 2 is 2.05 bits per heavy atom. The Morgan fingerprint density at radius 3 is 2.81 bits per heavy atom. The van der Waals surface area contributed by atoms with Gasteiger partial charge in [-0.05, 0) is 43.3 Å². The van der Waals surface area contributed by atoms with E-state index in [0.29, 0.717) is 6.04 Å². The summed E-state index contributed by atoms with van der Waals surface area (Å²) in [7, 11) is 0. The van der Waals surface area contributed by atoms with E-state index in [9.17, 15) is 0 Å². The minimum absolute atomic E-state index is 0.540. The summed E-state index contributed by atoms with van der Waals surface area (Å²) in [4.78, 5) is 7.47. The largest absolute Gasteiger partial charge is 0.331 e. The van der Waals surface area contributed by atoms with Gasteiger partial charge in [-0.15, -0.1) is 0 Å². The van der Waals surface area contributed by atoms with Gasteiger partial charge >= 0.3 is 0 Å². The summed E-state index contributed by atoms with van der Waals surface area (Å²) in [6.07, 6.45) is 12.0. The predicted octanol–water partition coefficient (Wildman–Crippen LogP) is 4.39. The Bertz CT molecular complexity index is 807. The van der Waals surface area contributed by atoms with E-state index < -0.39 is 0 Å². The molecular formula is C16H18N4S. The Labute approximate surface area is 128 Å². The standard InChI is InChI=1S/C16H18N4S/c21-16-18-14-7-6-13(19-9-8-17-11-19)10-15(14)20(16)12-4-2-1-3-5-12/h6-12H,1-5H2,(H,18,21). The summed E-state index contributed by atoms with van der Waals surface area (Å²) >= 11 is 5.57. The van der Waals surface area contributed by atoms with Crippen molar-refractivity contribution >= 4 is 23.3 Å². The molecule has 0 spiro atoms. The lowest BCUT2D eigenvalue weighted by atomic mass is 9.95. The number of H-pyrrole nitrogens is 1. The van der Waals surface area contributed by atoms with E-state index in [-0.39, 0.29) is 0 Å². The molecule has 1 aliphatic carbocycles. The number of nitrogens with zero attached hydrogens (tertiary/aromatic N) is 3. The van der Waals surface area contributed by atoms with E-state index in [1.165, 1.54) is 37.6 Å². The lowest BCUT2D eigenvalue weighted by Crippen LogP contribution is -2.12. The zero-order chi connectivity index (χ0) is 14.2. The number of hydrogen-bond acceptors (Lipinski definition) is 2. The number of benzene rings is 1. The molecule has 0 saturated heterocycles. The van der Waals surface area contributed by atoms with Gasteiger partial charge in [0.15, 0.2) is 4.77 Å². The molecule has 0 bridgehead atoms. The van der Waals surface area contributed by atoms with Gasteiger partial charge in [0.25, 0.3) is 0 Å². The molecule has 2 aromatic heterocycles. The van der Waals surface area contributed by atoms with Crippen molar-refractivity contribution in [2.75, 3.05) is 0 Å². The number of hydrogen-bond donors (Lipinski definition) is 1. The first-order valence-electron chi connectivity index (χ1n) is 7.55. The van der Waals surface area contributed by atoms with Gasteiger partial charge in [-0.2, -0.15) is 0 Å². The number of fused-ring (bicyclic) bond motifs is 1. The van der Waals surface area contributed by atoms with Crippen LogP contribution in [0, 0.1) is 4.77 Å². The Kier molecular flexibility index (Phi) is 3.15. The number of imidazole rings is 2. The third-order valence-corrected chi connectivity index (χ3v) is 4.74. The van der Waals surface area contributed by atoms with Crippen LogP contribution in [-0.2, 0) is 0 Å². The van der Waals surface area contributed by atoms with Crippen LogP contribution in [0.3, 0.4) is 0 Å². The highest BCUT2D eigenvalue weighted by Crippen LogP contribution is 2.32. The topological polar surface area (TPSA) is 38.5 Å². The van der Waals surface area contributed by atoms with Crippen molar-refractivity contribution in [2.45, 2.75) is 38.1 Å². The van der Waals surface area contributed by atoms with E-state index in [4.69, 9.17) is 12.2 Å². The fourth-order valence-electron chi connectivity index (χ4n) is 3.38. The van der Waals surface area contributed by atoms with Gasteiger partial charge in [0.1, 0.15) is 0 Å². The highest BCUT2D eigenvalue weighted by molar-refractivity contribution is 7.71. The number of rotatable bonds is 2. The molecular weight excluding hydrogens is 280 g/mol. The molecule has 1 aromatic carbocycles. The first kappa shape index (κ1) is 12.8. The van der Waals surface area contributed by atoms with Crippen molar-refractivity contribution in [3.8, 4) is 5.69 Å². The Balaban J connectivity index is 1.87. The molecule has 0 aliphatic heterocycles. The van der Waals surface area contributed by atoms with Crippen molar-refractivity contribution in [3.05, 3.63) is 41.7 Å². The quantitative estimate of drug-likeness (QED) is 0.713. The minimum atomic E-state index is 0.540. The molecule has 4 nitrogen and oxygen atoms in total. The van der Waals surface area contributed by atoms with Crippen LogP contribution in [0.15, 0.2) is 36.9 Å². The highest BCUT2D eigenvalue weighted by Gasteiger charge is 2.18.